The van der Waals surface area contributed by atoms with Gasteiger partial charge in [0, 0.05) is 12.2 Å². The lowest BCUT2D eigenvalue weighted by Crippen LogP contribution is -2.35. The molecule has 92 valence electrons. The van der Waals surface area contributed by atoms with Gasteiger partial charge in [-0.05, 0) is 25.0 Å². The van der Waals surface area contributed by atoms with Crippen LogP contribution in [0.5, 0.6) is 0 Å². The molecule has 1 saturated carbocycles. The molecule has 0 spiro atoms. The van der Waals surface area contributed by atoms with Gasteiger partial charge < -0.3 is 5.32 Å². The van der Waals surface area contributed by atoms with E-state index in [0.29, 0.717) is 0 Å². The van der Waals surface area contributed by atoms with Crippen LogP contribution in [-0.4, -0.2) is 16.9 Å². The number of aromatic nitrogens is 1. The Morgan fingerprint density at radius 2 is 2.00 bits per heavy atom. The molecule has 1 heterocycles. The van der Waals surface area contributed by atoms with Crippen molar-refractivity contribution in [3.05, 3.63) is 29.8 Å². The van der Waals surface area contributed by atoms with Crippen LogP contribution in [-0.2, 0) is 0 Å². The molecule has 1 aromatic heterocycles. The molecule has 3 nitrogen and oxygen atoms in total. The van der Waals surface area contributed by atoms with E-state index in [4.69, 9.17) is 0 Å². The number of rotatable bonds is 2. The van der Waals surface area contributed by atoms with E-state index < -0.39 is 5.95 Å². The maximum atomic E-state index is 13.3. The Morgan fingerprint density at radius 3 is 2.65 bits per heavy atom. The molecule has 0 unspecified atom stereocenters. The van der Waals surface area contributed by atoms with Gasteiger partial charge in [-0.15, -0.1) is 0 Å². The minimum atomic E-state index is -0.696. The minimum Gasteiger partial charge on any atom is -0.349 e. The summed E-state index contributed by atoms with van der Waals surface area (Å²) in [6, 6.07) is 3.23. The monoisotopic (exact) mass is 236 g/mol. The summed E-state index contributed by atoms with van der Waals surface area (Å²) in [6.45, 7) is 0. The van der Waals surface area contributed by atoms with Crippen molar-refractivity contribution in [1.82, 2.24) is 10.3 Å². The summed E-state index contributed by atoms with van der Waals surface area (Å²) >= 11 is 0. The van der Waals surface area contributed by atoms with Gasteiger partial charge in [-0.25, -0.2) is 4.98 Å². The van der Waals surface area contributed by atoms with Crippen LogP contribution in [0.1, 0.15) is 48.9 Å². The molecule has 1 N–H and O–H groups in total. The maximum Gasteiger partial charge on any atom is 0.256 e. The third-order valence-electron chi connectivity index (χ3n) is 3.19. The van der Waals surface area contributed by atoms with Gasteiger partial charge in [0.05, 0.1) is 5.56 Å². The van der Waals surface area contributed by atoms with Crippen LogP contribution in [0.2, 0.25) is 0 Å². The lowest BCUT2D eigenvalue weighted by molar-refractivity contribution is 0.0928. The Hall–Kier alpha value is -1.45. The van der Waals surface area contributed by atoms with Crippen molar-refractivity contribution in [2.24, 2.45) is 0 Å². The molecule has 2 rings (SSSR count). The molecular formula is C13H17FN2O. The molecule has 0 radical (unpaired) electrons. The van der Waals surface area contributed by atoms with Crippen LogP contribution in [0.3, 0.4) is 0 Å². The third-order valence-corrected chi connectivity index (χ3v) is 3.19. The normalized spacial score (nSPS) is 17.5. The predicted molar refractivity (Wildman–Crippen MR) is 63.2 cm³/mol. The van der Waals surface area contributed by atoms with Gasteiger partial charge in [0.25, 0.3) is 5.91 Å². The summed E-state index contributed by atoms with van der Waals surface area (Å²) in [5.41, 5.74) is 0.0387. The Labute approximate surface area is 100 Å². The maximum absolute atomic E-state index is 13.3. The van der Waals surface area contributed by atoms with Gasteiger partial charge >= 0.3 is 0 Å². The summed E-state index contributed by atoms with van der Waals surface area (Å²) in [5.74, 6) is -1.04. The average molecular weight is 236 g/mol. The highest BCUT2D eigenvalue weighted by atomic mass is 19.1. The van der Waals surface area contributed by atoms with Crippen molar-refractivity contribution in [3.63, 3.8) is 0 Å². The number of nitrogens with one attached hydrogen (secondary N) is 1. The number of carbonyl (C=O) groups is 1. The molecule has 1 aromatic rings. The van der Waals surface area contributed by atoms with Crippen molar-refractivity contribution >= 4 is 5.91 Å². The van der Waals surface area contributed by atoms with Gasteiger partial charge in [-0.1, -0.05) is 25.7 Å². The Morgan fingerprint density at radius 1 is 1.29 bits per heavy atom. The topological polar surface area (TPSA) is 42.0 Å². The van der Waals surface area contributed by atoms with E-state index in [9.17, 15) is 9.18 Å². The molecule has 0 aliphatic heterocycles. The number of amides is 1. The second-order valence-electron chi connectivity index (χ2n) is 4.50. The molecule has 1 amide bonds. The average Bonchev–Trinajstić information content (AvgIpc) is 2.58. The first-order valence-electron chi connectivity index (χ1n) is 6.19. The molecule has 0 atom stereocenters. The first kappa shape index (κ1) is 12.0. The summed E-state index contributed by atoms with van der Waals surface area (Å²) in [5, 5.41) is 2.90. The Bertz CT molecular complexity index is 387. The fraction of sp³-hybridized carbons (Fsp3) is 0.538. The standard InChI is InChI=1S/C13H17FN2O/c14-12-11(8-5-9-15-12)13(17)16-10-6-3-1-2-4-7-10/h5,8-10H,1-4,6-7H2,(H,16,17). The van der Waals surface area contributed by atoms with Gasteiger partial charge in [-0.2, -0.15) is 4.39 Å². The van der Waals surface area contributed by atoms with E-state index in [1.54, 1.807) is 6.07 Å². The van der Waals surface area contributed by atoms with Crippen molar-refractivity contribution in [3.8, 4) is 0 Å². The SMILES string of the molecule is O=C(NC1CCCCCC1)c1cccnc1F. The first-order valence-corrected chi connectivity index (χ1v) is 6.19. The lowest BCUT2D eigenvalue weighted by Gasteiger charge is -2.16. The molecule has 0 saturated heterocycles. The van der Waals surface area contributed by atoms with Crippen molar-refractivity contribution < 1.29 is 9.18 Å². The molecule has 1 aliphatic rings. The van der Waals surface area contributed by atoms with Crippen LogP contribution in [0.4, 0.5) is 4.39 Å². The van der Waals surface area contributed by atoms with Gasteiger partial charge in [-0.3, -0.25) is 4.79 Å². The quantitative estimate of drug-likeness (QED) is 0.633. The van der Waals surface area contributed by atoms with E-state index in [-0.39, 0.29) is 17.5 Å². The van der Waals surface area contributed by atoms with Crippen LogP contribution >= 0.6 is 0 Å². The van der Waals surface area contributed by atoms with Gasteiger partial charge in [0.15, 0.2) is 0 Å². The predicted octanol–water partition coefficient (Wildman–Crippen LogP) is 2.67. The smallest absolute Gasteiger partial charge is 0.256 e. The summed E-state index contributed by atoms with van der Waals surface area (Å²) < 4.78 is 13.3. The Kier molecular flexibility index (Phi) is 4.07. The highest BCUT2D eigenvalue weighted by Gasteiger charge is 2.18. The van der Waals surface area contributed by atoms with E-state index in [1.165, 1.54) is 25.1 Å². The molecular weight excluding hydrogens is 219 g/mol. The van der Waals surface area contributed by atoms with Crippen molar-refractivity contribution in [1.29, 1.82) is 0 Å². The second kappa shape index (κ2) is 5.75. The van der Waals surface area contributed by atoms with Crippen LogP contribution in [0.15, 0.2) is 18.3 Å². The van der Waals surface area contributed by atoms with Gasteiger partial charge in [0.2, 0.25) is 5.95 Å². The second-order valence-corrected chi connectivity index (χ2v) is 4.50. The third kappa shape index (κ3) is 3.25. The minimum absolute atomic E-state index is 0.0387. The molecule has 4 heteroatoms. The van der Waals surface area contributed by atoms with E-state index >= 15 is 0 Å². The summed E-state index contributed by atoms with van der Waals surface area (Å²) in [4.78, 5) is 15.3. The summed E-state index contributed by atoms with van der Waals surface area (Å²) in [7, 11) is 0. The number of nitrogens with zero attached hydrogens (tertiary/aromatic N) is 1. The zero-order valence-corrected chi connectivity index (χ0v) is 9.79. The van der Waals surface area contributed by atoms with Crippen molar-refractivity contribution in [2.45, 2.75) is 44.6 Å². The van der Waals surface area contributed by atoms with Crippen LogP contribution < -0.4 is 5.32 Å². The van der Waals surface area contributed by atoms with E-state index in [0.717, 1.165) is 25.7 Å². The summed E-state index contributed by atoms with van der Waals surface area (Å²) in [6.07, 6.45) is 8.07. The van der Waals surface area contributed by atoms with Crippen LogP contribution in [0, 0.1) is 5.95 Å². The number of hydrogen-bond donors (Lipinski definition) is 1. The first-order chi connectivity index (χ1) is 8.27. The van der Waals surface area contributed by atoms with Gasteiger partial charge in [0.1, 0.15) is 0 Å². The molecule has 1 aliphatic carbocycles. The lowest BCUT2D eigenvalue weighted by atomic mass is 10.1. The van der Waals surface area contributed by atoms with E-state index in [1.807, 2.05) is 0 Å². The zero-order chi connectivity index (χ0) is 12.1. The van der Waals surface area contributed by atoms with E-state index in [2.05, 4.69) is 10.3 Å². The molecule has 17 heavy (non-hydrogen) atoms. The molecule has 1 fully saturated rings. The highest BCUT2D eigenvalue weighted by Crippen LogP contribution is 2.17. The fourth-order valence-corrected chi connectivity index (χ4v) is 2.24. The van der Waals surface area contributed by atoms with Crippen molar-refractivity contribution in [2.75, 3.05) is 0 Å². The number of halogens is 1. The number of carbonyl (C=O) groups excluding carboxylic acids is 1. The highest BCUT2D eigenvalue weighted by molar-refractivity contribution is 5.94. The molecule has 0 aromatic carbocycles. The Balaban J connectivity index is 1.98. The zero-order valence-electron chi connectivity index (χ0n) is 9.79. The van der Waals surface area contributed by atoms with Crippen LogP contribution in [0.25, 0.3) is 0 Å². The largest absolute Gasteiger partial charge is 0.349 e. The number of pyridine rings is 1. The number of hydrogen-bond acceptors (Lipinski definition) is 2. The fourth-order valence-electron chi connectivity index (χ4n) is 2.24. The molecule has 0 bridgehead atoms.